The van der Waals surface area contributed by atoms with Gasteiger partial charge in [-0.2, -0.15) is 0 Å². The molecule has 2 rings (SSSR count). The molecule has 2 aromatic heterocycles. The Kier molecular flexibility index (Phi) is 2.79. The fourth-order valence-electron chi connectivity index (χ4n) is 1.12. The molecule has 2 heterocycles. The summed E-state index contributed by atoms with van der Waals surface area (Å²) >= 11 is 7.66. The van der Waals surface area contributed by atoms with Gasteiger partial charge in [0.1, 0.15) is 10.7 Å². The van der Waals surface area contributed by atoms with Crippen molar-refractivity contribution in [3.63, 3.8) is 0 Å². The minimum atomic E-state index is 0.657. The standard InChI is InChI=1S/C10H9ClN2S/c1-2-7-6-13-10(14-7)9-8(11)4-3-5-12-9/h3-6H,2H2,1H3. The maximum Gasteiger partial charge on any atom is 0.143 e. The van der Waals surface area contributed by atoms with E-state index in [4.69, 9.17) is 11.6 Å². The number of rotatable bonds is 2. The second kappa shape index (κ2) is 4.07. The lowest BCUT2D eigenvalue weighted by Crippen LogP contribution is -1.81. The molecular weight excluding hydrogens is 216 g/mol. The average Bonchev–Trinajstić information content (AvgIpc) is 2.67. The topological polar surface area (TPSA) is 25.8 Å². The Morgan fingerprint density at radius 3 is 2.93 bits per heavy atom. The van der Waals surface area contributed by atoms with Crippen molar-refractivity contribution in [2.45, 2.75) is 13.3 Å². The van der Waals surface area contributed by atoms with Crippen LogP contribution in [0.5, 0.6) is 0 Å². The van der Waals surface area contributed by atoms with Gasteiger partial charge >= 0.3 is 0 Å². The van der Waals surface area contributed by atoms with Crippen molar-refractivity contribution in [2.75, 3.05) is 0 Å². The third-order valence-electron chi connectivity index (χ3n) is 1.86. The average molecular weight is 225 g/mol. The molecule has 14 heavy (non-hydrogen) atoms. The molecule has 0 spiro atoms. The van der Waals surface area contributed by atoms with E-state index in [-0.39, 0.29) is 0 Å². The van der Waals surface area contributed by atoms with Crippen molar-refractivity contribution in [1.82, 2.24) is 9.97 Å². The zero-order valence-corrected chi connectivity index (χ0v) is 9.27. The number of hydrogen-bond acceptors (Lipinski definition) is 3. The number of thiazole rings is 1. The van der Waals surface area contributed by atoms with Crippen LogP contribution in [0.25, 0.3) is 10.7 Å². The molecule has 0 bridgehead atoms. The summed E-state index contributed by atoms with van der Waals surface area (Å²) in [7, 11) is 0. The number of nitrogens with zero attached hydrogens (tertiary/aromatic N) is 2. The highest BCUT2D eigenvalue weighted by Gasteiger charge is 2.08. The van der Waals surface area contributed by atoms with Gasteiger partial charge in [0.05, 0.1) is 5.02 Å². The van der Waals surface area contributed by atoms with Crippen LogP contribution in [0, 0.1) is 0 Å². The number of aromatic nitrogens is 2. The maximum absolute atomic E-state index is 6.02. The molecule has 0 aliphatic carbocycles. The van der Waals surface area contributed by atoms with E-state index in [1.165, 1.54) is 4.88 Å². The summed E-state index contributed by atoms with van der Waals surface area (Å²) in [6, 6.07) is 3.65. The Balaban J connectivity index is 2.44. The molecule has 0 radical (unpaired) electrons. The summed E-state index contributed by atoms with van der Waals surface area (Å²) in [6.07, 6.45) is 4.61. The van der Waals surface area contributed by atoms with Crippen molar-refractivity contribution >= 4 is 22.9 Å². The molecule has 0 saturated heterocycles. The second-order valence-electron chi connectivity index (χ2n) is 2.82. The van der Waals surface area contributed by atoms with Crippen molar-refractivity contribution in [2.24, 2.45) is 0 Å². The first-order chi connectivity index (χ1) is 6.81. The van der Waals surface area contributed by atoms with Gasteiger partial charge in [0.25, 0.3) is 0 Å². The van der Waals surface area contributed by atoms with E-state index in [0.29, 0.717) is 5.02 Å². The molecule has 2 nitrogen and oxygen atoms in total. The molecule has 2 aromatic rings. The Bertz CT molecular complexity index is 439. The number of aryl methyl sites for hydroxylation is 1. The lowest BCUT2D eigenvalue weighted by Gasteiger charge is -1.96. The van der Waals surface area contributed by atoms with Gasteiger partial charge < -0.3 is 0 Å². The van der Waals surface area contributed by atoms with E-state index in [1.807, 2.05) is 18.3 Å². The summed E-state index contributed by atoms with van der Waals surface area (Å²) in [6.45, 7) is 2.11. The Morgan fingerprint density at radius 2 is 2.29 bits per heavy atom. The highest BCUT2D eigenvalue weighted by atomic mass is 35.5. The Morgan fingerprint density at radius 1 is 1.43 bits per heavy atom. The zero-order valence-electron chi connectivity index (χ0n) is 7.70. The molecule has 0 saturated carbocycles. The van der Waals surface area contributed by atoms with Crippen LogP contribution in [-0.4, -0.2) is 9.97 Å². The summed E-state index contributed by atoms with van der Waals surface area (Å²) in [5.74, 6) is 0. The molecule has 0 aromatic carbocycles. The maximum atomic E-state index is 6.02. The molecule has 0 atom stereocenters. The van der Waals surface area contributed by atoms with Crippen LogP contribution in [0.1, 0.15) is 11.8 Å². The number of halogens is 1. The van der Waals surface area contributed by atoms with Crippen molar-refractivity contribution in [3.8, 4) is 10.7 Å². The lowest BCUT2D eigenvalue weighted by molar-refractivity contribution is 1.17. The van der Waals surface area contributed by atoms with Crippen LogP contribution in [0.2, 0.25) is 5.02 Å². The van der Waals surface area contributed by atoms with Crippen molar-refractivity contribution in [3.05, 3.63) is 34.4 Å². The minimum absolute atomic E-state index is 0.657. The summed E-state index contributed by atoms with van der Waals surface area (Å²) < 4.78 is 0. The Hall–Kier alpha value is -0.930. The first-order valence-corrected chi connectivity index (χ1v) is 5.56. The third-order valence-corrected chi connectivity index (χ3v) is 3.32. The van der Waals surface area contributed by atoms with E-state index >= 15 is 0 Å². The quantitative estimate of drug-likeness (QED) is 0.781. The molecular formula is C10H9ClN2S. The van der Waals surface area contributed by atoms with E-state index in [2.05, 4.69) is 16.9 Å². The van der Waals surface area contributed by atoms with Crippen LogP contribution in [0.15, 0.2) is 24.5 Å². The number of hydrogen-bond donors (Lipinski definition) is 0. The molecule has 0 fully saturated rings. The lowest BCUT2D eigenvalue weighted by atomic mass is 10.3. The van der Waals surface area contributed by atoms with Crippen LogP contribution in [0.4, 0.5) is 0 Å². The van der Waals surface area contributed by atoms with Gasteiger partial charge in [-0.15, -0.1) is 11.3 Å². The first kappa shape index (κ1) is 9.62. The van der Waals surface area contributed by atoms with Gasteiger partial charge in [0.15, 0.2) is 0 Å². The molecule has 4 heteroatoms. The van der Waals surface area contributed by atoms with E-state index in [0.717, 1.165) is 17.1 Å². The van der Waals surface area contributed by atoms with Gasteiger partial charge in [-0.05, 0) is 18.6 Å². The van der Waals surface area contributed by atoms with Gasteiger partial charge in [-0.1, -0.05) is 18.5 Å². The van der Waals surface area contributed by atoms with Crippen LogP contribution in [-0.2, 0) is 6.42 Å². The zero-order chi connectivity index (χ0) is 9.97. The SMILES string of the molecule is CCc1cnc(-c2ncccc2Cl)s1. The molecule has 0 amide bonds. The highest BCUT2D eigenvalue weighted by Crippen LogP contribution is 2.28. The van der Waals surface area contributed by atoms with Crippen LogP contribution < -0.4 is 0 Å². The second-order valence-corrected chi connectivity index (χ2v) is 4.34. The number of pyridine rings is 1. The van der Waals surface area contributed by atoms with Gasteiger partial charge in [0.2, 0.25) is 0 Å². The first-order valence-electron chi connectivity index (χ1n) is 4.37. The predicted octanol–water partition coefficient (Wildman–Crippen LogP) is 3.42. The normalized spacial score (nSPS) is 10.4. The predicted molar refractivity (Wildman–Crippen MR) is 59.7 cm³/mol. The molecule has 0 unspecified atom stereocenters. The molecule has 0 aliphatic heterocycles. The fraction of sp³-hybridized carbons (Fsp3) is 0.200. The van der Waals surface area contributed by atoms with E-state index in [1.54, 1.807) is 17.5 Å². The molecule has 0 aliphatic rings. The van der Waals surface area contributed by atoms with Crippen LogP contribution >= 0.6 is 22.9 Å². The summed E-state index contributed by atoms with van der Waals surface area (Å²) in [5, 5.41) is 1.55. The Labute approximate surface area is 91.6 Å². The van der Waals surface area contributed by atoms with Gasteiger partial charge in [0, 0.05) is 17.3 Å². The van der Waals surface area contributed by atoms with Gasteiger partial charge in [-0.3, -0.25) is 4.98 Å². The molecule has 72 valence electrons. The van der Waals surface area contributed by atoms with Crippen LogP contribution in [0.3, 0.4) is 0 Å². The fourth-order valence-corrected chi connectivity index (χ4v) is 2.25. The monoisotopic (exact) mass is 224 g/mol. The summed E-state index contributed by atoms with van der Waals surface area (Å²) in [4.78, 5) is 9.75. The summed E-state index contributed by atoms with van der Waals surface area (Å²) in [5.41, 5.74) is 0.777. The third kappa shape index (κ3) is 1.79. The highest BCUT2D eigenvalue weighted by molar-refractivity contribution is 7.15. The smallest absolute Gasteiger partial charge is 0.143 e. The molecule has 0 N–H and O–H groups in total. The largest absolute Gasteiger partial charge is 0.252 e. The van der Waals surface area contributed by atoms with E-state index in [9.17, 15) is 0 Å². The van der Waals surface area contributed by atoms with Crippen molar-refractivity contribution < 1.29 is 0 Å². The minimum Gasteiger partial charge on any atom is -0.252 e. The van der Waals surface area contributed by atoms with E-state index < -0.39 is 0 Å². The van der Waals surface area contributed by atoms with Crippen molar-refractivity contribution in [1.29, 1.82) is 0 Å². The van der Waals surface area contributed by atoms with Gasteiger partial charge in [-0.25, -0.2) is 4.98 Å².